The molecule has 0 amide bonds. The number of nitrogen functional groups attached to an aromatic ring is 1. The number of hydrogen-bond donors (Lipinski definition) is 2. The molecule has 0 radical (unpaired) electrons. The summed E-state index contributed by atoms with van der Waals surface area (Å²) in [6, 6.07) is 8.41. The number of likely N-dealkylation sites (tertiary alicyclic amines) is 1. The maximum Gasteiger partial charge on any atom is 0.330 e. The molecule has 1 saturated heterocycles. The summed E-state index contributed by atoms with van der Waals surface area (Å²) < 4.78 is 4.67. The molecule has 36 heavy (non-hydrogen) atoms. The van der Waals surface area contributed by atoms with Crippen LogP contribution < -0.4 is 11.1 Å². The molecule has 4 rings (SSSR count). The summed E-state index contributed by atoms with van der Waals surface area (Å²) in [5.41, 5.74) is 10.7. The van der Waals surface area contributed by atoms with E-state index in [1.165, 1.54) is 44.7 Å². The minimum absolute atomic E-state index is 0.00889. The van der Waals surface area contributed by atoms with E-state index in [-0.39, 0.29) is 12.1 Å². The van der Waals surface area contributed by atoms with Gasteiger partial charge >= 0.3 is 5.97 Å². The number of nitrogens with two attached hydrogens (primary N) is 1. The number of carbonyl (C=O) groups excluding carboxylic acids is 1. The molecule has 188 valence electrons. The highest BCUT2D eigenvalue weighted by molar-refractivity contribution is 6.02. The predicted molar refractivity (Wildman–Crippen MR) is 148 cm³/mol. The van der Waals surface area contributed by atoms with Gasteiger partial charge in [-0.15, -0.1) is 0 Å². The van der Waals surface area contributed by atoms with Gasteiger partial charge in [0.15, 0.2) is 0 Å². The molecule has 2 heterocycles. The van der Waals surface area contributed by atoms with Crippen LogP contribution in [-0.4, -0.2) is 49.0 Å². The normalized spacial score (nSPS) is 24.7. The van der Waals surface area contributed by atoms with Crippen LogP contribution in [0.25, 0.3) is 0 Å². The fourth-order valence-electron chi connectivity index (χ4n) is 4.83. The van der Waals surface area contributed by atoms with Gasteiger partial charge in [-0.3, -0.25) is 9.89 Å². The Balaban J connectivity index is 1.53. The molecule has 3 unspecified atom stereocenters. The second-order valence-corrected chi connectivity index (χ2v) is 9.32. The molecule has 0 saturated carbocycles. The van der Waals surface area contributed by atoms with E-state index in [2.05, 4.69) is 51.9 Å². The van der Waals surface area contributed by atoms with E-state index < -0.39 is 5.97 Å². The minimum Gasteiger partial charge on any atom is -0.466 e. The van der Waals surface area contributed by atoms with E-state index in [0.717, 1.165) is 34.7 Å². The third-order valence-electron chi connectivity index (χ3n) is 6.96. The Morgan fingerprint density at radius 3 is 2.53 bits per heavy atom. The van der Waals surface area contributed by atoms with Gasteiger partial charge in [0, 0.05) is 23.4 Å². The van der Waals surface area contributed by atoms with Crippen molar-refractivity contribution in [1.82, 2.24) is 10.2 Å². The fraction of sp³-hybridized carbons (Fsp3) is 0.333. The highest BCUT2D eigenvalue weighted by Gasteiger charge is 2.33. The first kappa shape index (κ1) is 25.5. The number of nitrogens with one attached hydrogen (secondary N) is 1. The molecule has 0 aromatic heterocycles. The molecule has 6 nitrogen and oxygen atoms in total. The molecule has 6 heteroatoms. The van der Waals surface area contributed by atoms with Crippen molar-refractivity contribution in [3.63, 3.8) is 0 Å². The van der Waals surface area contributed by atoms with Gasteiger partial charge in [-0.25, -0.2) is 4.79 Å². The number of rotatable bonds is 8. The molecule has 1 fully saturated rings. The van der Waals surface area contributed by atoms with Crippen molar-refractivity contribution < 1.29 is 9.53 Å². The van der Waals surface area contributed by atoms with Crippen molar-refractivity contribution in [2.75, 3.05) is 25.9 Å². The molecule has 1 aromatic rings. The lowest BCUT2D eigenvalue weighted by atomic mass is 9.90. The van der Waals surface area contributed by atoms with Gasteiger partial charge in [-0.1, -0.05) is 55.2 Å². The van der Waals surface area contributed by atoms with Crippen LogP contribution in [0, 0.1) is 0 Å². The Hall–Kier alpha value is -3.64. The predicted octanol–water partition coefficient (Wildman–Crippen LogP) is 4.82. The average Bonchev–Trinajstić information content (AvgIpc) is 3.60. The number of amidine groups is 1. The first-order valence-corrected chi connectivity index (χ1v) is 12.6. The van der Waals surface area contributed by atoms with Gasteiger partial charge in [0.1, 0.15) is 11.9 Å². The number of hydrogen-bond acceptors (Lipinski definition) is 6. The topological polar surface area (TPSA) is 80.0 Å². The van der Waals surface area contributed by atoms with E-state index in [9.17, 15) is 4.79 Å². The fourth-order valence-corrected chi connectivity index (χ4v) is 4.83. The standard InChI is InChI=1S/C30H36N4O2/c1-4-22(9-18-27(35)36-3)8-7-21(2)30-32-28(23-10-14-25(31)15-11-23)29(33-30)24-12-16-26(17-13-24)34-19-5-6-20-34/h4,7-16,18,26,28-29H,2,5-6,17,19-20,31H2,1,3H3,(H,32,33)/b8-7-,18-9+,22-4+. The molecule has 0 spiro atoms. The van der Waals surface area contributed by atoms with Crippen LogP contribution in [0.3, 0.4) is 0 Å². The molecule has 2 aliphatic heterocycles. The maximum atomic E-state index is 11.4. The quantitative estimate of drug-likeness (QED) is 0.239. The number of ether oxygens (including phenoxy) is 1. The van der Waals surface area contributed by atoms with Crippen molar-refractivity contribution in [3.05, 3.63) is 102 Å². The number of esters is 1. The summed E-state index contributed by atoms with van der Waals surface area (Å²) in [6.45, 7) is 8.55. The number of methoxy groups -OCH3 is 1. The van der Waals surface area contributed by atoms with Crippen molar-refractivity contribution in [3.8, 4) is 0 Å². The first-order chi connectivity index (χ1) is 17.5. The van der Waals surface area contributed by atoms with Crippen LogP contribution in [0.2, 0.25) is 0 Å². The highest BCUT2D eigenvalue weighted by atomic mass is 16.5. The van der Waals surface area contributed by atoms with Crippen LogP contribution in [0.1, 0.15) is 37.8 Å². The van der Waals surface area contributed by atoms with E-state index >= 15 is 0 Å². The van der Waals surface area contributed by atoms with Gasteiger partial charge in [-0.2, -0.15) is 0 Å². The molecule has 3 N–H and O–H groups in total. The van der Waals surface area contributed by atoms with Crippen molar-refractivity contribution in [2.45, 2.75) is 44.3 Å². The second kappa shape index (κ2) is 11.9. The first-order valence-electron chi connectivity index (χ1n) is 12.6. The number of allylic oxidation sites excluding steroid dienone is 4. The van der Waals surface area contributed by atoms with Crippen LogP contribution in [0.5, 0.6) is 0 Å². The summed E-state index contributed by atoms with van der Waals surface area (Å²) in [4.78, 5) is 19.1. The SMILES string of the molecule is C=C(\C=C/C(/C=C/C(=O)OC)=C\C)C1=NC(C2=CCC(N3CCCC3)C=C2)C(c2ccc(N)cc2)N1. The Labute approximate surface area is 214 Å². The molecule has 1 aromatic carbocycles. The van der Waals surface area contributed by atoms with E-state index in [1.807, 2.05) is 37.3 Å². The van der Waals surface area contributed by atoms with Crippen LogP contribution in [0.4, 0.5) is 5.69 Å². The Morgan fingerprint density at radius 1 is 1.17 bits per heavy atom. The summed E-state index contributed by atoms with van der Waals surface area (Å²) in [5, 5.41) is 3.60. The third kappa shape index (κ3) is 6.13. The van der Waals surface area contributed by atoms with Gasteiger partial charge < -0.3 is 15.8 Å². The van der Waals surface area contributed by atoms with Crippen molar-refractivity contribution in [2.24, 2.45) is 4.99 Å². The Kier molecular flexibility index (Phi) is 8.39. The zero-order chi connectivity index (χ0) is 25.5. The number of aliphatic imine (C=N–C) groups is 1. The highest BCUT2D eigenvalue weighted by Crippen LogP contribution is 2.33. The zero-order valence-electron chi connectivity index (χ0n) is 21.2. The molecule has 3 atom stereocenters. The smallest absolute Gasteiger partial charge is 0.330 e. The number of carbonyl (C=O) groups is 1. The van der Waals surface area contributed by atoms with Gasteiger partial charge in [0.25, 0.3) is 0 Å². The van der Waals surface area contributed by atoms with Gasteiger partial charge in [0.2, 0.25) is 0 Å². The van der Waals surface area contributed by atoms with Crippen molar-refractivity contribution >= 4 is 17.5 Å². The summed E-state index contributed by atoms with van der Waals surface area (Å²) in [5.74, 6) is 0.375. The Morgan fingerprint density at radius 2 is 1.89 bits per heavy atom. The largest absolute Gasteiger partial charge is 0.466 e. The van der Waals surface area contributed by atoms with Gasteiger partial charge in [0.05, 0.1) is 13.2 Å². The van der Waals surface area contributed by atoms with Crippen LogP contribution >= 0.6 is 0 Å². The van der Waals surface area contributed by atoms with Crippen LogP contribution in [0.15, 0.2) is 101 Å². The van der Waals surface area contributed by atoms with Gasteiger partial charge in [-0.05, 0) is 74.2 Å². The van der Waals surface area contributed by atoms with Crippen molar-refractivity contribution in [1.29, 1.82) is 0 Å². The lowest BCUT2D eigenvalue weighted by Gasteiger charge is -2.28. The zero-order valence-corrected chi connectivity index (χ0v) is 21.2. The number of benzene rings is 1. The minimum atomic E-state index is -0.390. The number of anilines is 1. The molecule has 0 bridgehead atoms. The summed E-state index contributed by atoms with van der Waals surface area (Å²) >= 11 is 0. The molecular formula is C30H36N4O2. The van der Waals surface area contributed by atoms with E-state index in [0.29, 0.717) is 6.04 Å². The van der Waals surface area contributed by atoms with E-state index in [4.69, 9.17) is 10.7 Å². The molecular weight excluding hydrogens is 448 g/mol. The molecule has 3 aliphatic rings. The lowest BCUT2D eigenvalue weighted by molar-refractivity contribution is -0.134. The lowest BCUT2D eigenvalue weighted by Crippen LogP contribution is -2.33. The Bertz CT molecular complexity index is 1150. The average molecular weight is 485 g/mol. The number of nitrogens with zero attached hydrogens (tertiary/aromatic N) is 2. The molecule has 1 aliphatic carbocycles. The third-order valence-corrected chi connectivity index (χ3v) is 6.96. The van der Waals surface area contributed by atoms with Crippen LogP contribution in [-0.2, 0) is 9.53 Å². The monoisotopic (exact) mass is 484 g/mol. The second-order valence-electron chi connectivity index (χ2n) is 9.32. The maximum absolute atomic E-state index is 11.4. The summed E-state index contributed by atoms with van der Waals surface area (Å²) in [7, 11) is 1.36. The van der Waals surface area contributed by atoms with E-state index in [1.54, 1.807) is 6.08 Å². The summed E-state index contributed by atoms with van der Waals surface area (Å²) in [6.07, 6.45) is 19.4.